The van der Waals surface area contributed by atoms with E-state index in [1.54, 1.807) is 0 Å². The first-order chi connectivity index (χ1) is 7.20. The Hall–Kier alpha value is -1.16. The fourth-order valence-electron chi connectivity index (χ4n) is 1.96. The topological polar surface area (TPSA) is 46.3 Å². The summed E-state index contributed by atoms with van der Waals surface area (Å²) in [6, 6.07) is 0. The van der Waals surface area contributed by atoms with Gasteiger partial charge in [0.05, 0.1) is 0 Å². The third-order valence-electron chi connectivity index (χ3n) is 2.95. The Morgan fingerprint density at radius 1 is 1.73 bits per heavy atom. The zero-order valence-corrected chi connectivity index (χ0v) is 9.19. The molecule has 0 saturated carbocycles. The largest absolute Gasteiger partial charge is 0.448 e. The maximum atomic E-state index is 11.1. The molecule has 0 aromatic carbocycles. The highest BCUT2D eigenvalue weighted by molar-refractivity contribution is 5.91. The van der Waals surface area contributed by atoms with Crippen molar-refractivity contribution in [2.45, 2.75) is 26.2 Å². The van der Waals surface area contributed by atoms with Gasteiger partial charge in [0.1, 0.15) is 12.0 Å². The smallest absolute Gasteiger partial charge is 0.199 e. The van der Waals surface area contributed by atoms with Crippen molar-refractivity contribution in [3.8, 4) is 0 Å². The van der Waals surface area contributed by atoms with Crippen molar-refractivity contribution in [1.82, 2.24) is 9.88 Å². The predicted molar refractivity (Wildman–Crippen MR) is 56.0 cm³/mol. The van der Waals surface area contributed by atoms with E-state index >= 15 is 0 Å². The number of aromatic nitrogens is 1. The molecule has 1 aromatic heterocycles. The number of hydrogen-bond donors (Lipinski definition) is 0. The van der Waals surface area contributed by atoms with Crippen molar-refractivity contribution in [3.05, 3.63) is 17.8 Å². The van der Waals surface area contributed by atoms with E-state index < -0.39 is 0 Å². The third kappa shape index (κ3) is 2.09. The number of oxazole rings is 1. The molecule has 82 valence electrons. The van der Waals surface area contributed by atoms with Crippen LogP contribution in [0.2, 0.25) is 0 Å². The maximum absolute atomic E-state index is 11.1. The van der Waals surface area contributed by atoms with Gasteiger partial charge < -0.3 is 9.32 Å². The van der Waals surface area contributed by atoms with Crippen LogP contribution >= 0.6 is 0 Å². The number of carbonyl (C=O) groups is 1. The van der Waals surface area contributed by atoms with Crippen molar-refractivity contribution in [2.75, 3.05) is 19.6 Å². The Balaban J connectivity index is 2.07. The van der Waals surface area contributed by atoms with Crippen molar-refractivity contribution in [2.24, 2.45) is 0 Å². The number of hydrogen-bond acceptors (Lipinski definition) is 4. The molecule has 1 unspecified atom stereocenters. The van der Waals surface area contributed by atoms with Crippen LogP contribution in [-0.4, -0.2) is 35.3 Å². The van der Waals surface area contributed by atoms with E-state index in [4.69, 9.17) is 4.42 Å². The minimum absolute atomic E-state index is 0.0321. The number of likely N-dealkylation sites (N-methyl/N-ethyl adjacent to an activating group) is 1. The molecule has 0 bridgehead atoms. The van der Waals surface area contributed by atoms with Crippen LogP contribution in [0.5, 0.6) is 0 Å². The summed E-state index contributed by atoms with van der Waals surface area (Å²) in [5.74, 6) is 1.05. The number of rotatable bonds is 3. The summed E-state index contributed by atoms with van der Waals surface area (Å²) >= 11 is 0. The van der Waals surface area contributed by atoms with E-state index in [-0.39, 0.29) is 5.78 Å². The van der Waals surface area contributed by atoms with Crippen LogP contribution in [0.4, 0.5) is 0 Å². The van der Waals surface area contributed by atoms with Gasteiger partial charge in [-0.2, -0.15) is 0 Å². The second-order valence-electron chi connectivity index (χ2n) is 4.01. The van der Waals surface area contributed by atoms with Gasteiger partial charge in [0, 0.05) is 19.4 Å². The zero-order chi connectivity index (χ0) is 10.8. The summed E-state index contributed by atoms with van der Waals surface area (Å²) in [6.07, 6.45) is 2.54. The summed E-state index contributed by atoms with van der Waals surface area (Å²) in [4.78, 5) is 17.6. The van der Waals surface area contributed by atoms with E-state index in [1.165, 1.54) is 13.2 Å². The highest BCUT2D eigenvalue weighted by atomic mass is 16.3. The van der Waals surface area contributed by atoms with Crippen LogP contribution in [-0.2, 0) is 0 Å². The molecule has 2 heterocycles. The molecule has 0 radical (unpaired) electrons. The van der Waals surface area contributed by atoms with Crippen molar-refractivity contribution >= 4 is 5.78 Å². The van der Waals surface area contributed by atoms with Gasteiger partial charge in [-0.1, -0.05) is 6.92 Å². The van der Waals surface area contributed by atoms with Crippen LogP contribution in [0.3, 0.4) is 0 Å². The summed E-state index contributed by atoms with van der Waals surface area (Å²) in [5, 5.41) is 0. The SMILES string of the molecule is CCN1CCC(c2nc(C(C)=O)co2)C1. The number of Topliss-reactive ketones (excluding diaryl/α,β-unsaturated/α-hetero) is 1. The molecule has 1 saturated heterocycles. The van der Waals surface area contributed by atoms with E-state index in [2.05, 4.69) is 16.8 Å². The van der Waals surface area contributed by atoms with E-state index in [1.807, 2.05) is 0 Å². The third-order valence-corrected chi connectivity index (χ3v) is 2.95. The van der Waals surface area contributed by atoms with Crippen LogP contribution in [0.1, 0.15) is 42.6 Å². The van der Waals surface area contributed by atoms with E-state index in [0.717, 1.165) is 31.9 Å². The quantitative estimate of drug-likeness (QED) is 0.709. The summed E-state index contributed by atoms with van der Waals surface area (Å²) in [6.45, 7) is 6.82. The summed E-state index contributed by atoms with van der Waals surface area (Å²) in [7, 11) is 0. The first-order valence-electron chi connectivity index (χ1n) is 5.39. The van der Waals surface area contributed by atoms with Crippen LogP contribution in [0.25, 0.3) is 0 Å². The zero-order valence-electron chi connectivity index (χ0n) is 9.19. The molecule has 1 aliphatic rings. The molecule has 0 aliphatic carbocycles. The molecule has 2 rings (SSSR count). The van der Waals surface area contributed by atoms with Crippen LogP contribution < -0.4 is 0 Å². The first-order valence-corrected chi connectivity index (χ1v) is 5.39. The van der Waals surface area contributed by atoms with Gasteiger partial charge in [0.2, 0.25) is 0 Å². The fraction of sp³-hybridized carbons (Fsp3) is 0.636. The Morgan fingerprint density at radius 3 is 3.07 bits per heavy atom. The van der Waals surface area contributed by atoms with Gasteiger partial charge in [-0.3, -0.25) is 4.79 Å². The molecule has 1 atom stereocenters. The second kappa shape index (κ2) is 4.14. The molecule has 1 aromatic rings. The Bertz CT molecular complexity index is 359. The lowest BCUT2D eigenvalue weighted by molar-refractivity contribution is 0.101. The first kappa shape index (κ1) is 10.4. The molecule has 15 heavy (non-hydrogen) atoms. The number of carbonyl (C=O) groups excluding carboxylic acids is 1. The van der Waals surface area contributed by atoms with Crippen LogP contribution in [0, 0.1) is 0 Å². The molecule has 0 spiro atoms. The molecular weight excluding hydrogens is 192 g/mol. The summed E-state index contributed by atoms with van der Waals surface area (Å²) < 4.78 is 5.34. The molecule has 0 amide bonds. The van der Waals surface area contributed by atoms with Gasteiger partial charge in [0.25, 0.3) is 0 Å². The lowest BCUT2D eigenvalue weighted by Crippen LogP contribution is -2.19. The molecule has 1 fully saturated rings. The Kier molecular flexibility index (Phi) is 2.86. The second-order valence-corrected chi connectivity index (χ2v) is 4.01. The van der Waals surface area contributed by atoms with Crippen LogP contribution in [0.15, 0.2) is 10.7 Å². The molecular formula is C11H16N2O2. The highest BCUT2D eigenvalue weighted by Crippen LogP contribution is 2.26. The monoisotopic (exact) mass is 208 g/mol. The van der Waals surface area contributed by atoms with Crippen molar-refractivity contribution in [1.29, 1.82) is 0 Å². The molecule has 1 aliphatic heterocycles. The van der Waals surface area contributed by atoms with Gasteiger partial charge in [0.15, 0.2) is 11.7 Å². The minimum atomic E-state index is -0.0321. The van der Waals surface area contributed by atoms with Gasteiger partial charge >= 0.3 is 0 Å². The Labute approximate surface area is 89.3 Å². The minimum Gasteiger partial charge on any atom is -0.448 e. The molecule has 4 nitrogen and oxygen atoms in total. The van der Waals surface area contributed by atoms with Gasteiger partial charge in [-0.05, 0) is 19.5 Å². The lowest BCUT2D eigenvalue weighted by atomic mass is 10.1. The fourth-order valence-corrected chi connectivity index (χ4v) is 1.96. The average Bonchev–Trinajstić information content (AvgIpc) is 2.86. The van der Waals surface area contributed by atoms with Crippen molar-refractivity contribution in [3.63, 3.8) is 0 Å². The molecule has 0 N–H and O–H groups in total. The van der Waals surface area contributed by atoms with Gasteiger partial charge in [-0.25, -0.2) is 4.98 Å². The average molecular weight is 208 g/mol. The number of likely N-dealkylation sites (tertiary alicyclic amines) is 1. The maximum Gasteiger partial charge on any atom is 0.199 e. The molecule has 4 heteroatoms. The number of ketones is 1. The standard InChI is InChI=1S/C11H16N2O2/c1-3-13-5-4-9(6-13)11-12-10(7-15-11)8(2)14/h7,9H,3-6H2,1-2H3. The van der Waals surface area contributed by atoms with Gasteiger partial charge in [-0.15, -0.1) is 0 Å². The normalized spacial score (nSPS) is 22.1. The Morgan fingerprint density at radius 2 is 2.53 bits per heavy atom. The number of nitrogens with zero attached hydrogens (tertiary/aromatic N) is 2. The lowest BCUT2D eigenvalue weighted by Gasteiger charge is -2.10. The highest BCUT2D eigenvalue weighted by Gasteiger charge is 2.26. The van der Waals surface area contributed by atoms with Crippen molar-refractivity contribution < 1.29 is 9.21 Å². The van der Waals surface area contributed by atoms with E-state index in [0.29, 0.717) is 11.6 Å². The van der Waals surface area contributed by atoms with E-state index in [9.17, 15) is 4.79 Å². The summed E-state index contributed by atoms with van der Waals surface area (Å²) in [5.41, 5.74) is 0.444. The predicted octanol–water partition coefficient (Wildman–Crippen LogP) is 1.69.